The van der Waals surface area contributed by atoms with Crippen LogP contribution in [0.15, 0.2) is 49.6 Å². The maximum Gasteiger partial charge on any atom is 0.414 e. The molecule has 2 N–H and O–H groups in total. The third-order valence-electron chi connectivity index (χ3n) is 2.48. The minimum Gasteiger partial charge on any atom is -0.473 e. The first-order valence-corrected chi connectivity index (χ1v) is 6.36. The van der Waals surface area contributed by atoms with Crippen molar-refractivity contribution in [3.63, 3.8) is 0 Å². The summed E-state index contributed by atoms with van der Waals surface area (Å²) < 4.78 is 0. The van der Waals surface area contributed by atoms with Gasteiger partial charge in [0.05, 0.1) is 0 Å². The Labute approximate surface area is 124 Å². The lowest BCUT2D eigenvalue weighted by Crippen LogP contribution is -2.23. The Hall–Kier alpha value is -2.40. The van der Waals surface area contributed by atoms with E-state index in [-0.39, 0.29) is 0 Å². The third kappa shape index (κ3) is 9.18. The van der Waals surface area contributed by atoms with Gasteiger partial charge < -0.3 is 10.2 Å². The van der Waals surface area contributed by atoms with Gasteiger partial charge in [0.2, 0.25) is 0 Å². The number of nitrogens with zero attached hydrogens (tertiary/aromatic N) is 1. The van der Waals surface area contributed by atoms with Crippen molar-refractivity contribution in [2.24, 2.45) is 0 Å². The lowest BCUT2D eigenvalue weighted by atomic mass is 10.1. The number of aliphatic carboxylic acids is 2. The summed E-state index contributed by atoms with van der Waals surface area (Å²) in [7, 11) is 0. The lowest BCUT2D eigenvalue weighted by Gasteiger charge is -2.18. The largest absolute Gasteiger partial charge is 0.473 e. The summed E-state index contributed by atoms with van der Waals surface area (Å²) in [6.45, 7) is 12.4. The van der Waals surface area contributed by atoms with Gasteiger partial charge in [-0.05, 0) is 12.5 Å². The summed E-state index contributed by atoms with van der Waals surface area (Å²) in [6, 6.07) is 8.65. The lowest BCUT2D eigenvalue weighted by molar-refractivity contribution is -0.159. The Balaban J connectivity index is 0.000000567. The number of hydrogen-bond acceptors (Lipinski definition) is 3. The highest BCUT2D eigenvalue weighted by molar-refractivity contribution is 6.27. The van der Waals surface area contributed by atoms with Crippen LogP contribution in [0.25, 0.3) is 0 Å². The van der Waals surface area contributed by atoms with Crippen LogP contribution >= 0.6 is 0 Å². The molecule has 0 aliphatic carbocycles. The fourth-order valence-electron chi connectivity index (χ4n) is 1.52. The fraction of sp³-hybridized carbons (Fsp3) is 0.250. The van der Waals surface area contributed by atoms with E-state index in [1.54, 1.807) is 0 Å². The molecule has 0 aliphatic rings. The first-order chi connectivity index (χ1) is 9.90. The molecule has 5 heteroatoms. The van der Waals surface area contributed by atoms with Crippen LogP contribution in [0.3, 0.4) is 0 Å². The van der Waals surface area contributed by atoms with E-state index in [4.69, 9.17) is 19.8 Å². The monoisotopic (exact) mass is 291 g/mol. The van der Waals surface area contributed by atoms with E-state index in [1.165, 1.54) is 11.1 Å². The quantitative estimate of drug-likeness (QED) is 0.621. The highest BCUT2D eigenvalue weighted by Crippen LogP contribution is 2.06. The zero-order valence-corrected chi connectivity index (χ0v) is 12.2. The van der Waals surface area contributed by atoms with Gasteiger partial charge in [0.1, 0.15) is 0 Å². The van der Waals surface area contributed by atoms with Gasteiger partial charge in [-0.3, -0.25) is 4.90 Å². The van der Waals surface area contributed by atoms with Gasteiger partial charge in [0.15, 0.2) is 0 Å². The summed E-state index contributed by atoms with van der Waals surface area (Å²) >= 11 is 0. The van der Waals surface area contributed by atoms with Crippen molar-refractivity contribution in [2.75, 3.05) is 13.1 Å². The topological polar surface area (TPSA) is 77.8 Å². The Kier molecular flexibility index (Phi) is 9.21. The predicted octanol–water partition coefficient (Wildman–Crippen LogP) is 2.32. The third-order valence-corrected chi connectivity index (χ3v) is 2.48. The van der Waals surface area contributed by atoms with Gasteiger partial charge in [0.25, 0.3) is 0 Å². The first-order valence-electron chi connectivity index (χ1n) is 6.36. The minimum absolute atomic E-state index is 0.903. The maximum absolute atomic E-state index is 9.10. The molecule has 1 aromatic carbocycles. The number of carbonyl (C=O) groups is 2. The fourth-order valence-corrected chi connectivity index (χ4v) is 1.52. The molecule has 0 aromatic heterocycles. The number of rotatable bonds is 6. The molecule has 21 heavy (non-hydrogen) atoms. The molecule has 1 rings (SSSR count). The van der Waals surface area contributed by atoms with E-state index in [0.717, 1.165) is 19.6 Å². The van der Waals surface area contributed by atoms with E-state index in [1.807, 2.05) is 12.2 Å². The standard InChI is InChI=1S/C14H19N.C2H2O4/c1-4-10-15(11-5-2)12-14-8-6-13(3)7-9-14;3-1(4)2(5)6/h4-9H,1-2,10-12H2,3H3;(H,3,4)(H,5,6). The van der Waals surface area contributed by atoms with Crippen LogP contribution in [-0.2, 0) is 16.1 Å². The van der Waals surface area contributed by atoms with E-state index in [2.05, 4.69) is 49.2 Å². The number of carboxylic acid groups (broad SMARTS) is 2. The Morgan fingerprint density at radius 3 is 1.81 bits per heavy atom. The zero-order chi connectivity index (χ0) is 16.3. The predicted molar refractivity (Wildman–Crippen MR) is 82.1 cm³/mol. The van der Waals surface area contributed by atoms with Crippen molar-refractivity contribution in [3.05, 3.63) is 60.7 Å². The van der Waals surface area contributed by atoms with Crippen molar-refractivity contribution >= 4 is 11.9 Å². The second-order valence-corrected chi connectivity index (χ2v) is 4.37. The Morgan fingerprint density at radius 1 is 1.05 bits per heavy atom. The number of benzene rings is 1. The average Bonchev–Trinajstić information content (AvgIpc) is 2.42. The molecule has 0 atom stereocenters. The average molecular weight is 291 g/mol. The molecule has 5 nitrogen and oxygen atoms in total. The van der Waals surface area contributed by atoms with Gasteiger partial charge in [-0.25, -0.2) is 9.59 Å². The molecule has 1 aromatic rings. The molecule has 0 bridgehead atoms. The molecule has 0 saturated carbocycles. The van der Waals surface area contributed by atoms with Gasteiger partial charge in [-0.2, -0.15) is 0 Å². The van der Waals surface area contributed by atoms with E-state index >= 15 is 0 Å². The normalized spacial score (nSPS) is 9.43. The van der Waals surface area contributed by atoms with Crippen LogP contribution in [0, 0.1) is 6.92 Å². The van der Waals surface area contributed by atoms with Crippen LogP contribution in [0.1, 0.15) is 11.1 Å². The van der Waals surface area contributed by atoms with Crippen LogP contribution < -0.4 is 0 Å². The molecule has 0 spiro atoms. The second-order valence-electron chi connectivity index (χ2n) is 4.37. The van der Waals surface area contributed by atoms with Crippen molar-refractivity contribution in [2.45, 2.75) is 13.5 Å². The summed E-state index contributed by atoms with van der Waals surface area (Å²) in [6.07, 6.45) is 3.86. The van der Waals surface area contributed by atoms with Crippen LogP contribution in [0.2, 0.25) is 0 Å². The maximum atomic E-state index is 9.10. The van der Waals surface area contributed by atoms with Crippen molar-refractivity contribution < 1.29 is 19.8 Å². The number of carboxylic acids is 2. The molecule has 0 fully saturated rings. The zero-order valence-electron chi connectivity index (χ0n) is 12.2. The number of hydrogen-bond donors (Lipinski definition) is 2. The molecule has 114 valence electrons. The van der Waals surface area contributed by atoms with Gasteiger partial charge in [-0.1, -0.05) is 42.0 Å². The molecule has 0 aliphatic heterocycles. The van der Waals surface area contributed by atoms with Crippen LogP contribution in [-0.4, -0.2) is 40.1 Å². The second kappa shape index (κ2) is 10.4. The Bertz CT molecular complexity index is 458. The summed E-state index contributed by atoms with van der Waals surface area (Å²) in [4.78, 5) is 20.5. The molecule has 0 radical (unpaired) electrons. The van der Waals surface area contributed by atoms with Crippen molar-refractivity contribution in [1.29, 1.82) is 0 Å². The van der Waals surface area contributed by atoms with Gasteiger partial charge >= 0.3 is 11.9 Å². The molecule has 0 unspecified atom stereocenters. The first kappa shape index (κ1) is 18.6. The van der Waals surface area contributed by atoms with E-state index in [9.17, 15) is 0 Å². The summed E-state index contributed by atoms with van der Waals surface area (Å²) in [5.41, 5.74) is 2.64. The highest BCUT2D eigenvalue weighted by Gasteiger charge is 2.04. The molecule has 0 amide bonds. The van der Waals surface area contributed by atoms with E-state index < -0.39 is 11.9 Å². The van der Waals surface area contributed by atoms with Gasteiger partial charge in [0, 0.05) is 19.6 Å². The SMILES string of the molecule is C=CCN(CC=C)Cc1ccc(C)cc1.O=C(O)C(=O)O. The number of aryl methyl sites for hydroxylation is 1. The summed E-state index contributed by atoms with van der Waals surface area (Å²) in [5.74, 6) is -3.65. The smallest absolute Gasteiger partial charge is 0.414 e. The highest BCUT2D eigenvalue weighted by atomic mass is 16.4. The van der Waals surface area contributed by atoms with Crippen LogP contribution in [0.4, 0.5) is 0 Å². The molecular weight excluding hydrogens is 270 g/mol. The Morgan fingerprint density at radius 2 is 1.48 bits per heavy atom. The van der Waals surface area contributed by atoms with Crippen molar-refractivity contribution in [3.8, 4) is 0 Å². The molecular formula is C16H21NO4. The minimum atomic E-state index is -1.82. The van der Waals surface area contributed by atoms with Crippen molar-refractivity contribution in [1.82, 2.24) is 4.90 Å². The molecule has 0 heterocycles. The molecule has 0 saturated heterocycles. The van der Waals surface area contributed by atoms with Gasteiger partial charge in [-0.15, -0.1) is 13.2 Å². The summed E-state index contributed by atoms with van der Waals surface area (Å²) in [5, 5.41) is 14.8. The van der Waals surface area contributed by atoms with E-state index in [0.29, 0.717) is 0 Å². The van der Waals surface area contributed by atoms with Crippen LogP contribution in [0.5, 0.6) is 0 Å².